The van der Waals surface area contributed by atoms with Crippen molar-refractivity contribution in [1.29, 1.82) is 0 Å². The lowest BCUT2D eigenvalue weighted by molar-refractivity contribution is 0.102. The Balaban J connectivity index is 0.000000187. The van der Waals surface area contributed by atoms with Gasteiger partial charge in [0.1, 0.15) is 0 Å². The summed E-state index contributed by atoms with van der Waals surface area (Å²) in [4.78, 5) is 10.9. The average molecular weight is 243 g/mol. The van der Waals surface area contributed by atoms with Gasteiger partial charge in [0.15, 0.2) is 5.78 Å². The summed E-state index contributed by atoms with van der Waals surface area (Å²) in [6, 6.07) is 9.01. The fourth-order valence-electron chi connectivity index (χ4n) is 1.21. The molecule has 1 nitrogen and oxygen atoms in total. The zero-order valence-corrected chi connectivity index (χ0v) is 10.2. The van der Waals surface area contributed by atoms with Crippen molar-refractivity contribution in [3.05, 3.63) is 35.9 Å². The van der Waals surface area contributed by atoms with E-state index in [1.165, 1.54) is 24.3 Å². The van der Waals surface area contributed by atoms with Gasteiger partial charge in [-0.2, -0.15) is 11.8 Å². The number of benzene rings is 1. The first-order valence-corrected chi connectivity index (χ1v) is 6.75. The third-order valence-corrected chi connectivity index (χ3v) is 3.44. The zero-order valence-electron chi connectivity index (χ0n) is 8.62. The van der Waals surface area contributed by atoms with E-state index in [1.807, 2.05) is 18.2 Å². The first kappa shape index (κ1) is 12.6. The minimum atomic E-state index is -0.0257. The van der Waals surface area contributed by atoms with E-state index >= 15 is 0 Å². The Hall–Kier alpha value is -0.470. The summed E-state index contributed by atoms with van der Waals surface area (Å²) >= 11 is 7.41. The molecule has 2 rings (SSSR count). The summed E-state index contributed by atoms with van der Waals surface area (Å²) in [6.45, 7) is 0. The van der Waals surface area contributed by atoms with Gasteiger partial charge in [-0.15, -0.1) is 11.6 Å². The van der Waals surface area contributed by atoms with Crippen LogP contribution < -0.4 is 0 Å². The molecule has 0 atom stereocenters. The Morgan fingerprint density at radius 1 is 1.20 bits per heavy atom. The minimum absolute atomic E-state index is 0.0257. The number of ketones is 1. The third-order valence-electron chi connectivity index (χ3n) is 2.04. The SMILES string of the molecule is C1CCSC1.O=C(CCl)c1ccccc1. The van der Waals surface area contributed by atoms with Crippen LogP contribution in [0.5, 0.6) is 0 Å². The second-order valence-electron chi connectivity index (χ2n) is 3.24. The van der Waals surface area contributed by atoms with E-state index in [2.05, 4.69) is 11.8 Å². The maximum Gasteiger partial charge on any atom is 0.177 e. The van der Waals surface area contributed by atoms with Crippen LogP contribution in [0.1, 0.15) is 23.2 Å². The molecule has 0 bridgehead atoms. The predicted octanol–water partition coefficient (Wildman–Crippen LogP) is 3.62. The molecule has 3 heteroatoms. The summed E-state index contributed by atoms with van der Waals surface area (Å²) in [5.41, 5.74) is 0.678. The molecule has 0 radical (unpaired) electrons. The molecular weight excluding hydrogens is 228 g/mol. The van der Waals surface area contributed by atoms with E-state index < -0.39 is 0 Å². The second-order valence-corrected chi connectivity index (χ2v) is 4.73. The number of alkyl halides is 1. The number of hydrogen-bond donors (Lipinski definition) is 0. The molecule has 1 aliphatic heterocycles. The molecule has 0 amide bonds. The second kappa shape index (κ2) is 7.77. The van der Waals surface area contributed by atoms with Crippen LogP contribution in [0.2, 0.25) is 0 Å². The number of rotatable bonds is 2. The Morgan fingerprint density at radius 2 is 1.80 bits per heavy atom. The highest BCUT2D eigenvalue weighted by Gasteiger charge is 2.00. The van der Waals surface area contributed by atoms with Gasteiger partial charge in [-0.1, -0.05) is 30.3 Å². The van der Waals surface area contributed by atoms with Crippen LogP contribution in [-0.2, 0) is 0 Å². The van der Waals surface area contributed by atoms with Crippen molar-refractivity contribution in [2.24, 2.45) is 0 Å². The minimum Gasteiger partial charge on any atom is -0.293 e. The smallest absolute Gasteiger partial charge is 0.177 e. The van der Waals surface area contributed by atoms with Crippen LogP contribution in [0.15, 0.2) is 30.3 Å². The van der Waals surface area contributed by atoms with Crippen molar-refractivity contribution in [1.82, 2.24) is 0 Å². The summed E-state index contributed by atoms with van der Waals surface area (Å²) in [7, 11) is 0. The van der Waals surface area contributed by atoms with E-state index in [1.54, 1.807) is 12.1 Å². The highest BCUT2D eigenvalue weighted by atomic mass is 35.5. The molecule has 0 aromatic heterocycles. The fraction of sp³-hybridized carbons (Fsp3) is 0.417. The number of hydrogen-bond acceptors (Lipinski definition) is 2. The molecule has 0 unspecified atom stereocenters. The number of halogens is 1. The number of carbonyl (C=O) groups excluding carboxylic acids is 1. The van der Waals surface area contributed by atoms with Crippen molar-refractivity contribution in [2.45, 2.75) is 12.8 Å². The Labute approximate surface area is 100 Å². The third kappa shape index (κ3) is 5.24. The van der Waals surface area contributed by atoms with E-state index in [-0.39, 0.29) is 11.7 Å². The van der Waals surface area contributed by atoms with Crippen molar-refractivity contribution in [3.63, 3.8) is 0 Å². The molecule has 1 heterocycles. The molecule has 1 aromatic rings. The van der Waals surface area contributed by atoms with Gasteiger partial charge >= 0.3 is 0 Å². The Morgan fingerprint density at radius 3 is 2.20 bits per heavy atom. The maximum atomic E-state index is 10.9. The molecule has 0 N–H and O–H groups in total. The van der Waals surface area contributed by atoms with Gasteiger partial charge in [0, 0.05) is 5.56 Å². The molecule has 82 valence electrons. The molecule has 1 saturated heterocycles. The van der Waals surface area contributed by atoms with Crippen molar-refractivity contribution < 1.29 is 4.79 Å². The lowest BCUT2D eigenvalue weighted by Crippen LogP contribution is -1.98. The van der Waals surface area contributed by atoms with Gasteiger partial charge in [0.05, 0.1) is 5.88 Å². The monoisotopic (exact) mass is 242 g/mol. The molecular formula is C12H15ClOS. The Bertz CT molecular complexity index is 275. The lowest BCUT2D eigenvalue weighted by atomic mass is 10.2. The lowest BCUT2D eigenvalue weighted by Gasteiger charge is -1.92. The van der Waals surface area contributed by atoms with Crippen molar-refractivity contribution in [3.8, 4) is 0 Å². The van der Waals surface area contributed by atoms with Gasteiger partial charge in [0.2, 0.25) is 0 Å². The highest BCUT2D eigenvalue weighted by Crippen LogP contribution is 2.14. The summed E-state index contributed by atoms with van der Waals surface area (Å²) in [5.74, 6) is 2.87. The molecule has 0 saturated carbocycles. The first-order chi connectivity index (χ1) is 7.34. The average Bonchev–Trinajstić information content (AvgIpc) is 2.88. The van der Waals surface area contributed by atoms with Crippen molar-refractivity contribution in [2.75, 3.05) is 17.4 Å². The molecule has 0 aliphatic carbocycles. The molecule has 1 aromatic carbocycles. The standard InChI is InChI=1S/C8H7ClO.C4H8S/c9-6-8(10)7-4-2-1-3-5-7;1-2-4-5-3-1/h1-5H,6H2;1-4H2. The van der Waals surface area contributed by atoms with E-state index in [0.29, 0.717) is 5.56 Å². The van der Waals surface area contributed by atoms with Gasteiger partial charge in [-0.3, -0.25) is 4.79 Å². The first-order valence-electron chi connectivity index (χ1n) is 5.06. The summed E-state index contributed by atoms with van der Waals surface area (Å²) < 4.78 is 0. The van der Waals surface area contributed by atoms with Gasteiger partial charge < -0.3 is 0 Å². The largest absolute Gasteiger partial charge is 0.293 e. The quantitative estimate of drug-likeness (QED) is 0.582. The van der Waals surface area contributed by atoms with Crippen LogP contribution in [0.25, 0.3) is 0 Å². The van der Waals surface area contributed by atoms with E-state index in [4.69, 9.17) is 11.6 Å². The summed E-state index contributed by atoms with van der Waals surface area (Å²) in [6.07, 6.45) is 2.93. The van der Waals surface area contributed by atoms with Crippen molar-refractivity contribution >= 4 is 29.1 Å². The number of Topliss-reactive ketones (excluding diaryl/α,β-unsaturated/α-hetero) is 1. The normalized spacial score (nSPS) is 14.2. The van der Waals surface area contributed by atoms with Crippen LogP contribution in [0.4, 0.5) is 0 Å². The van der Waals surface area contributed by atoms with Gasteiger partial charge in [-0.05, 0) is 24.3 Å². The zero-order chi connectivity index (χ0) is 10.9. The maximum absolute atomic E-state index is 10.9. The topological polar surface area (TPSA) is 17.1 Å². The number of carbonyl (C=O) groups is 1. The Kier molecular flexibility index (Phi) is 6.53. The molecule has 1 fully saturated rings. The summed E-state index contributed by atoms with van der Waals surface area (Å²) in [5, 5.41) is 0. The van der Waals surface area contributed by atoms with Gasteiger partial charge in [-0.25, -0.2) is 0 Å². The van der Waals surface area contributed by atoms with Gasteiger partial charge in [0.25, 0.3) is 0 Å². The van der Waals surface area contributed by atoms with Crippen LogP contribution in [0, 0.1) is 0 Å². The molecule has 0 spiro atoms. The van der Waals surface area contributed by atoms with Crippen LogP contribution in [-0.4, -0.2) is 23.2 Å². The highest BCUT2D eigenvalue weighted by molar-refractivity contribution is 7.99. The number of thioether (sulfide) groups is 1. The van der Waals surface area contributed by atoms with E-state index in [9.17, 15) is 4.79 Å². The van der Waals surface area contributed by atoms with Crippen LogP contribution >= 0.6 is 23.4 Å². The molecule has 1 aliphatic rings. The molecule has 15 heavy (non-hydrogen) atoms. The predicted molar refractivity (Wildman–Crippen MR) is 68.1 cm³/mol. The van der Waals surface area contributed by atoms with Crippen LogP contribution in [0.3, 0.4) is 0 Å². The fourth-order valence-corrected chi connectivity index (χ4v) is 2.39. The van der Waals surface area contributed by atoms with E-state index in [0.717, 1.165) is 0 Å².